The van der Waals surface area contributed by atoms with E-state index in [4.69, 9.17) is 18.9 Å². The van der Waals surface area contributed by atoms with Gasteiger partial charge in [0, 0.05) is 48.8 Å². The van der Waals surface area contributed by atoms with Crippen LogP contribution in [0.5, 0.6) is 11.5 Å². The molecule has 3 N–H and O–H groups in total. The van der Waals surface area contributed by atoms with Crippen molar-refractivity contribution < 1.29 is 18.9 Å². The summed E-state index contributed by atoms with van der Waals surface area (Å²) in [5.41, 5.74) is 2.69. The first kappa shape index (κ1) is 22.3. The van der Waals surface area contributed by atoms with Crippen molar-refractivity contribution in [1.29, 1.82) is 0 Å². The van der Waals surface area contributed by atoms with E-state index in [1.165, 1.54) is 6.33 Å². The largest absolute Gasteiger partial charge is 0.487 e. The molecule has 10 nitrogen and oxygen atoms in total. The van der Waals surface area contributed by atoms with Gasteiger partial charge in [-0.1, -0.05) is 0 Å². The van der Waals surface area contributed by atoms with Crippen LogP contribution in [0.2, 0.25) is 0 Å². The fourth-order valence-corrected chi connectivity index (χ4v) is 3.09. The van der Waals surface area contributed by atoms with Crippen molar-refractivity contribution in [2.24, 2.45) is 0 Å². The molecule has 33 heavy (non-hydrogen) atoms. The second kappa shape index (κ2) is 11.1. The van der Waals surface area contributed by atoms with Crippen molar-refractivity contribution in [2.45, 2.75) is 0 Å². The van der Waals surface area contributed by atoms with Gasteiger partial charge in [-0.05, 0) is 36.4 Å². The van der Waals surface area contributed by atoms with Crippen LogP contribution in [0.3, 0.4) is 0 Å². The molecule has 0 fully saturated rings. The van der Waals surface area contributed by atoms with E-state index in [0.717, 1.165) is 22.3 Å². The van der Waals surface area contributed by atoms with E-state index < -0.39 is 0 Å². The van der Waals surface area contributed by atoms with Crippen molar-refractivity contribution in [3.05, 3.63) is 55.0 Å². The minimum Gasteiger partial charge on any atom is -0.487 e. The number of nitrogens with zero attached hydrogens (tertiary/aromatic N) is 3. The van der Waals surface area contributed by atoms with E-state index >= 15 is 0 Å². The zero-order valence-corrected chi connectivity index (χ0v) is 18.5. The van der Waals surface area contributed by atoms with E-state index in [2.05, 4.69) is 30.6 Å². The molecule has 0 bridgehead atoms. The number of fused-ring (bicyclic) bond motifs is 1. The molecule has 0 radical (unpaired) electrons. The normalized spacial score (nSPS) is 10.8. The molecule has 4 rings (SSSR count). The lowest BCUT2D eigenvalue weighted by Crippen LogP contribution is -2.09. The standard InChI is InChI=1S/C23H26N6O4/c1-30-9-11-32-20-6-4-18(14-21(20)33-12-10-31-2)28-23-26-15-25-22(29-23)27-17-3-5-19-16(13-17)7-8-24-19/h3-8,13-15,24H,9-12H2,1-2H3,(H2,25,26,27,28,29). The topological polar surface area (TPSA) is 115 Å². The highest BCUT2D eigenvalue weighted by Gasteiger charge is 2.09. The van der Waals surface area contributed by atoms with Crippen molar-refractivity contribution >= 4 is 34.2 Å². The van der Waals surface area contributed by atoms with E-state index in [1.54, 1.807) is 14.2 Å². The molecule has 10 heteroatoms. The first-order chi connectivity index (χ1) is 16.2. The van der Waals surface area contributed by atoms with E-state index in [0.29, 0.717) is 49.8 Å². The van der Waals surface area contributed by atoms with Crippen LogP contribution in [0.1, 0.15) is 0 Å². The summed E-state index contributed by atoms with van der Waals surface area (Å²) in [5, 5.41) is 7.49. The molecular weight excluding hydrogens is 424 g/mol. The summed E-state index contributed by atoms with van der Waals surface area (Å²) in [7, 11) is 3.25. The molecule has 0 saturated carbocycles. The maximum Gasteiger partial charge on any atom is 0.232 e. The SMILES string of the molecule is COCCOc1ccc(Nc2ncnc(Nc3ccc4[nH]ccc4c3)n2)cc1OCCOC. The van der Waals surface area contributed by atoms with Gasteiger partial charge in [0.25, 0.3) is 0 Å². The number of benzene rings is 2. The van der Waals surface area contributed by atoms with Gasteiger partial charge in [0.2, 0.25) is 11.9 Å². The number of anilines is 4. The lowest BCUT2D eigenvalue weighted by molar-refractivity contribution is 0.132. The predicted molar refractivity (Wildman–Crippen MR) is 126 cm³/mol. The minimum absolute atomic E-state index is 0.395. The average molecular weight is 450 g/mol. The first-order valence-electron chi connectivity index (χ1n) is 10.4. The highest BCUT2D eigenvalue weighted by molar-refractivity contribution is 5.83. The number of aromatic nitrogens is 4. The van der Waals surface area contributed by atoms with Gasteiger partial charge >= 0.3 is 0 Å². The van der Waals surface area contributed by atoms with Gasteiger partial charge in [-0.25, -0.2) is 9.97 Å². The van der Waals surface area contributed by atoms with Crippen molar-refractivity contribution in [3.63, 3.8) is 0 Å². The number of H-pyrrole nitrogens is 1. The van der Waals surface area contributed by atoms with E-state index in [9.17, 15) is 0 Å². The van der Waals surface area contributed by atoms with Crippen LogP contribution in [0.15, 0.2) is 55.0 Å². The maximum atomic E-state index is 5.82. The van der Waals surface area contributed by atoms with Crippen molar-refractivity contribution in [2.75, 3.05) is 51.3 Å². The second-order valence-electron chi connectivity index (χ2n) is 7.01. The van der Waals surface area contributed by atoms with Crippen LogP contribution in [-0.2, 0) is 9.47 Å². The fourth-order valence-electron chi connectivity index (χ4n) is 3.09. The molecule has 4 aromatic rings. The molecule has 0 aliphatic heterocycles. The molecule has 0 spiro atoms. The summed E-state index contributed by atoms with van der Waals surface area (Å²) in [6, 6.07) is 13.5. The number of hydrogen-bond acceptors (Lipinski definition) is 9. The second-order valence-corrected chi connectivity index (χ2v) is 7.01. The van der Waals surface area contributed by atoms with Crippen LogP contribution in [0.25, 0.3) is 10.9 Å². The number of nitrogens with one attached hydrogen (secondary N) is 3. The molecule has 172 valence electrons. The van der Waals surface area contributed by atoms with Gasteiger partial charge in [0.1, 0.15) is 19.5 Å². The highest BCUT2D eigenvalue weighted by atomic mass is 16.5. The summed E-state index contributed by atoms with van der Waals surface area (Å²) in [6.45, 7) is 1.76. The summed E-state index contributed by atoms with van der Waals surface area (Å²) in [6.07, 6.45) is 3.35. The Morgan fingerprint density at radius 1 is 0.758 bits per heavy atom. The molecule has 0 unspecified atom stereocenters. The molecule has 2 aromatic heterocycles. The Balaban J connectivity index is 1.47. The lowest BCUT2D eigenvalue weighted by atomic mass is 10.2. The number of hydrogen-bond donors (Lipinski definition) is 3. The summed E-state index contributed by atoms with van der Waals surface area (Å²) >= 11 is 0. The quantitative estimate of drug-likeness (QED) is 0.276. The average Bonchev–Trinajstić information content (AvgIpc) is 3.29. The molecular formula is C23H26N6O4. The molecule has 0 aliphatic rings. The summed E-state index contributed by atoms with van der Waals surface area (Å²) < 4.78 is 21.7. The van der Waals surface area contributed by atoms with E-state index in [1.807, 2.05) is 48.7 Å². The molecule has 0 amide bonds. The fraction of sp³-hybridized carbons (Fsp3) is 0.261. The minimum atomic E-state index is 0.395. The Labute approximate surface area is 191 Å². The van der Waals surface area contributed by atoms with Crippen molar-refractivity contribution in [1.82, 2.24) is 19.9 Å². The smallest absolute Gasteiger partial charge is 0.232 e. The first-order valence-corrected chi connectivity index (χ1v) is 10.4. The van der Waals surface area contributed by atoms with Gasteiger partial charge in [0.15, 0.2) is 11.5 Å². The Morgan fingerprint density at radius 2 is 1.42 bits per heavy atom. The zero-order chi connectivity index (χ0) is 22.9. The Kier molecular flexibility index (Phi) is 7.52. The van der Waals surface area contributed by atoms with Gasteiger partial charge in [-0.15, -0.1) is 0 Å². The number of rotatable bonds is 12. The summed E-state index contributed by atoms with van der Waals surface area (Å²) in [5.74, 6) is 2.02. The molecule has 0 saturated heterocycles. The molecule has 2 heterocycles. The third-order valence-corrected chi connectivity index (χ3v) is 4.67. The Hall–Kier alpha value is -3.89. The zero-order valence-electron chi connectivity index (χ0n) is 18.5. The van der Waals surface area contributed by atoms with Crippen LogP contribution < -0.4 is 20.1 Å². The van der Waals surface area contributed by atoms with Crippen molar-refractivity contribution in [3.8, 4) is 11.5 Å². The lowest BCUT2D eigenvalue weighted by Gasteiger charge is -2.14. The summed E-state index contributed by atoms with van der Waals surface area (Å²) in [4.78, 5) is 16.1. The van der Waals surface area contributed by atoms with Gasteiger partial charge < -0.3 is 34.6 Å². The van der Waals surface area contributed by atoms with E-state index in [-0.39, 0.29) is 0 Å². The van der Waals surface area contributed by atoms with Crippen LogP contribution in [0, 0.1) is 0 Å². The monoisotopic (exact) mass is 450 g/mol. The third kappa shape index (κ3) is 6.09. The third-order valence-electron chi connectivity index (χ3n) is 4.67. The highest BCUT2D eigenvalue weighted by Crippen LogP contribution is 2.31. The van der Waals surface area contributed by atoms with Crippen LogP contribution in [-0.4, -0.2) is 60.6 Å². The van der Waals surface area contributed by atoms with Gasteiger partial charge in [0.05, 0.1) is 13.2 Å². The maximum absolute atomic E-state index is 5.82. The molecule has 0 aliphatic carbocycles. The molecule has 2 aromatic carbocycles. The predicted octanol–water partition coefficient (Wildman–Crippen LogP) is 3.89. The van der Waals surface area contributed by atoms with Crippen LogP contribution >= 0.6 is 0 Å². The van der Waals surface area contributed by atoms with Gasteiger partial charge in [-0.2, -0.15) is 4.98 Å². The Morgan fingerprint density at radius 3 is 2.15 bits per heavy atom. The van der Waals surface area contributed by atoms with Crippen LogP contribution in [0.4, 0.5) is 23.3 Å². The number of ether oxygens (including phenoxy) is 4. The molecule has 0 atom stereocenters. The van der Waals surface area contributed by atoms with Gasteiger partial charge in [-0.3, -0.25) is 0 Å². The Bertz CT molecular complexity index is 1180. The number of aromatic amines is 1. The number of methoxy groups -OCH3 is 2.